The molecule has 2 N–H and O–H groups in total. The van der Waals surface area contributed by atoms with E-state index in [9.17, 15) is 4.79 Å². The third kappa shape index (κ3) is 3.40. The number of nitrogens with two attached hydrogens (primary N) is 1. The Bertz CT molecular complexity index is 572. The van der Waals surface area contributed by atoms with Gasteiger partial charge in [-0.05, 0) is 17.7 Å². The lowest BCUT2D eigenvalue weighted by Crippen LogP contribution is -2.10. The van der Waals surface area contributed by atoms with Crippen LogP contribution >= 0.6 is 11.8 Å². The van der Waals surface area contributed by atoms with E-state index >= 15 is 0 Å². The van der Waals surface area contributed by atoms with Crippen molar-refractivity contribution < 1.29 is 9.53 Å². The SMILES string of the molecule is COC(=O)c1ccccc1SC(CN)c1ccccc1. The fourth-order valence-corrected chi connectivity index (χ4v) is 3.05. The van der Waals surface area contributed by atoms with Crippen LogP contribution in [0.4, 0.5) is 0 Å². The van der Waals surface area contributed by atoms with Crippen LogP contribution in [0.1, 0.15) is 21.2 Å². The maximum absolute atomic E-state index is 11.8. The molecule has 0 fully saturated rings. The van der Waals surface area contributed by atoms with Crippen LogP contribution in [0.3, 0.4) is 0 Å². The van der Waals surface area contributed by atoms with Crippen molar-refractivity contribution in [3.05, 3.63) is 65.7 Å². The van der Waals surface area contributed by atoms with Gasteiger partial charge in [0, 0.05) is 16.7 Å². The molecule has 0 aliphatic heterocycles. The lowest BCUT2D eigenvalue weighted by molar-refractivity contribution is 0.0597. The Balaban J connectivity index is 2.26. The first-order valence-corrected chi connectivity index (χ1v) is 7.23. The molecule has 0 heterocycles. The first-order valence-electron chi connectivity index (χ1n) is 6.35. The summed E-state index contributed by atoms with van der Waals surface area (Å²) in [6.07, 6.45) is 0. The zero-order chi connectivity index (χ0) is 14.4. The van der Waals surface area contributed by atoms with Crippen molar-refractivity contribution in [2.45, 2.75) is 10.1 Å². The Hall–Kier alpha value is -1.78. The first kappa shape index (κ1) is 14.6. The summed E-state index contributed by atoms with van der Waals surface area (Å²) in [6, 6.07) is 17.5. The number of methoxy groups -OCH3 is 1. The van der Waals surface area contributed by atoms with Gasteiger partial charge in [0.05, 0.1) is 12.7 Å². The van der Waals surface area contributed by atoms with Gasteiger partial charge >= 0.3 is 5.97 Å². The second kappa shape index (κ2) is 7.12. The van der Waals surface area contributed by atoms with E-state index in [1.807, 2.05) is 48.5 Å². The minimum atomic E-state index is -0.322. The molecule has 2 aromatic rings. The van der Waals surface area contributed by atoms with Crippen LogP contribution in [-0.2, 0) is 4.74 Å². The molecule has 0 saturated carbocycles. The van der Waals surface area contributed by atoms with E-state index in [-0.39, 0.29) is 11.2 Å². The molecule has 2 rings (SSSR count). The second-order valence-corrected chi connectivity index (χ2v) is 5.49. The van der Waals surface area contributed by atoms with E-state index in [1.165, 1.54) is 7.11 Å². The van der Waals surface area contributed by atoms with Crippen molar-refractivity contribution >= 4 is 17.7 Å². The average molecular weight is 287 g/mol. The fourth-order valence-electron chi connectivity index (χ4n) is 1.92. The van der Waals surface area contributed by atoms with Crippen molar-refractivity contribution in [1.82, 2.24) is 0 Å². The maximum Gasteiger partial charge on any atom is 0.338 e. The fraction of sp³-hybridized carbons (Fsp3) is 0.188. The molecule has 2 aromatic carbocycles. The van der Waals surface area contributed by atoms with Crippen molar-refractivity contribution in [3.8, 4) is 0 Å². The van der Waals surface area contributed by atoms with E-state index in [2.05, 4.69) is 0 Å². The molecular weight excluding hydrogens is 270 g/mol. The van der Waals surface area contributed by atoms with Gasteiger partial charge in [-0.15, -0.1) is 11.8 Å². The lowest BCUT2D eigenvalue weighted by atomic mass is 10.1. The third-order valence-electron chi connectivity index (χ3n) is 2.95. The normalized spacial score (nSPS) is 11.9. The number of ether oxygens (including phenoxy) is 1. The molecule has 104 valence electrons. The van der Waals surface area contributed by atoms with Gasteiger partial charge in [-0.1, -0.05) is 42.5 Å². The number of hydrogen-bond donors (Lipinski definition) is 1. The summed E-state index contributed by atoms with van der Waals surface area (Å²) in [4.78, 5) is 12.7. The topological polar surface area (TPSA) is 52.3 Å². The number of hydrogen-bond acceptors (Lipinski definition) is 4. The molecule has 1 unspecified atom stereocenters. The van der Waals surface area contributed by atoms with Crippen LogP contribution in [0, 0.1) is 0 Å². The van der Waals surface area contributed by atoms with E-state index in [0.717, 1.165) is 10.5 Å². The van der Waals surface area contributed by atoms with Crippen molar-refractivity contribution in [2.24, 2.45) is 5.73 Å². The Kier molecular flexibility index (Phi) is 5.21. The molecule has 1 atom stereocenters. The van der Waals surface area contributed by atoms with Gasteiger partial charge in [0.25, 0.3) is 0 Å². The summed E-state index contributed by atoms with van der Waals surface area (Å²) in [7, 11) is 1.39. The molecule has 0 radical (unpaired) electrons. The van der Waals surface area contributed by atoms with Gasteiger partial charge in [0.15, 0.2) is 0 Å². The standard InChI is InChI=1S/C16H17NO2S/c1-19-16(18)13-9-5-6-10-14(13)20-15(11-17)12-7-3-2-4-8-12/h2-10,15H,11,17H2,1H3. The lowest BCUT2D eigenvalue weighted by Gasteiger charge is -2.16. The number of carbonyl (C=O) groups excluding carboxylic acids is 1. The third-order valence-corrected chi connectivity index (χ3v) is 4.31. The van der Waals surface area contributed by atoms with Crippen LogP contribution in [0.5, 0.6) is 0 Å². The highest BCUT2D eigenvalue weighted by atomic mass is 32.2. The number of carbonyl (C=O) groups is 1. The van der Waals surface area contributed by atoms with Crippen LogP contribution in [0.15, 0.2) is 59.5 Å². The zero-order valence-electron chi connectivity index (χ0n) is 11.3. The molecule has 0 aliphatic carbocycles. The molecular formula is C16H17NO2S. The van der Waals surface area contributed by atoms with Gasteiger partial charge in [-0.25, -0.2) is 4.79 Å². The van der Waals surface area contributed by atoms with Crippen LogP contribution < -0.4 is 5.73 Å². The van der Waals surface area contributed by atoms with E-state index < -0.39 is 0 Å². The van der Waals surface area contributed by atoms with Gasteiger partial charge in [-0.2, -0.15) is 0 Å². The number of thioether (sulfide) groups is 1. The first-order chi connectivity index (χ1) is 9.76. The smallest absolute Gasteiger partial charge is 0.338 e. The summed E-state index contributed by atoms with van der Waals surface area (Å²) in [5, 5.41) is 0.113. The molecule has 0 spiro atoms. The Morgan fingerprint density at radius 1 is 1.15 bits per heavy atom. The molecule has 4 heteroatoms. The summed E-state index contributed by atoms with van der Waals surface area (Å²) < 4.78 is 4.81. The van der Waals surface area contributed by atoms with E-state index in [0.29, 0.717) is 12.1 Å². The Labute approximate surface area is 123 Å². The highest BCUT2D eigenvalue weighted by Gasteiger charge is 2.16. The highest BCUT2D eigenvalue weighted by Crippen LogP contribution is 2.36. The van der Waals surface area contributed by atoms with Crippen LogP contribution in [0.25, 0.3) is 0 Å². The van der Waals surface area contributed by atoms with Crippen LogP contribution in [-0.4, -0.2) is 19.6 Å². The van der Waals surface area contributed by atoms with Crippen LogP contribution in [0.2, 0.25) is 0 Å². The molecule has 0 aromatic heterocycles. The molecule has 0 bridgehead atoms. The van der Waals surface area contributed by atoms with Crippen molar-refractivity contribution in [2.75, 3.05) is 13.7 Å². The predicted octanol–water partition coefficient (Wildman–Crippen LogP) is 3.27. The van der Waals surface area contributed by atoms with E-state index in [4.69, 9.17) is 10.5 Å². The minimum Gasteiger partial charge on any atom is -0.465 e. The zero-order valence-corrected chi connectivity index (χ0v) is 12.1. The maximum atomic E-state index is 11.8. The largest absolute Gasteiger partial charge is 0.465 e. The summed E-state index contributed by atoms with van der Waals surface area (Å²) in [5.74, 6) is -0.322. The average Bonchev–Trinajstić information content (AvgIpc) is 2.53. The Morgan fingerprint density at radius 2 is 1.80 bits per heavy atom. The number of benzene rings is 2. The molecule has 0 amide bonds. The summed E-state index contributed by atoms with van der Waals surface area (Å²) in [6.45, 7) is 0.504. The number of rotatable bonds is 5. The van der Waals surface area contributed by atoms with Gasteiger partial charge in [0.1, 0.15) is 0 Å². The summed E-state index contributed by atoms with van der Waals surface area (Å²) in [5.41, 5.74) is 7.60. The number of esters is 1. The van der Waals surface area contributed by atoms with Crippen molar-refractivity contribution in [3.63, 3.8) is 0 Å². The summed E-state index contributed by atoms with van der Waals surface area (Å²) >= 11 is 1.59. The van der Waals surface area contributed by atoms with E-state index in [1.54, 1.807) is 17.8 Å². The highest BCUT2D eigenvalue weighted by molar-refractivity contribution is 7.99. The predicted molar refractivity (Wildman–Crippen MR) is 81.9 cm³/mol. The van der Waals surface area contributed by atoms with Gasteiger partial charge < -0.3 is 10.5 Å². The minimum absolute atomic E-state index is 0.113. The van der Waals surface area contributed by atoms with Gasteiger partial charge in [-0.3, -0.25) is 0 Å². The molecule has 20 heavy (non-hydrogen) atoms. The Morgan fingerprint density at radius 3 is 2.45 bits per heavy atom. The molecule has 3 nitrogen and oxygen atoms in total. The quantitative estimate of drug-likeness (QED) is 0.677. The molecule has 0 saturated heterocycles. The van der Waals surface area contributed by atoms with Crippen molar-refractivity contribution in [1.29, 1.82) is 0 Å². The second-order valence-electron chi connectivity index (χ2n) is 4.24. The molecule has 0 aliphatic rings. The monoisotopic (exact) mass is 287 g/mol. The van der Waals surface area contributed by atoms with Gasteiger partial charge in [0.2, 0.25) is 0 Å².